The van der Waals surface area contributed by atoms with Crippen LogP contribution in [0.1, 0.15) is 22.0 Å². The van der Waals surface area contributed by atoms with Crippen LogP contribution in [0.5, 0.6) is 0 Å². The molecule has 3 aromatic rings. The zero-order valence-electron chi connectivity index (χ0n) is 12.2. The van der Waals surface area contributed by atoms with E-state index in [0.717, 1.165) is 16.5 Å². The smallest absolute Gasteiger partial charge is 0.259 e. The van der Waals surface area contributed by atoms with Crippen molar-refractivity contribution in [2.75, 3.05) is 11.4 Å². The van der Waals surface area contributed by atoms with Crippen LogP contribution in [0.25, 0.3) is 10.8 Å². The average molecular weight is 307 g/mol. The molecule has 0 aliphatic carbocycles. The molecule has 1 N–H and O–H groups in total. The molecule has 1 amide bonds. The molecule has 23 heavy (non-hydrogen) atoms. The summed E-state index contributed by atoms with van der Waals surface area (Å²) in [7, 11) is 0. The summed E-state index contributed by atoms with van der Waals surface area (Å²) in [4.78, 5) is 14.2. The summed E-state index contributed by atoms with van der Waals surface area (Å²) in [5.41, 5.74) is 2.05. The van der Waals surface area contributed by atoms with E-state index in [0.29, 0.717) is 11.1 Å². The number of amides is 1. The highest BCUT2D eigenvalue weighted by molar-refractivity contribution is 6.25. The van der Waals surface area contributed by atoms with Crippen molar-refractivity contribution in [3.63, 3.8) is 0 Å². The van der Waals surface area contributed by atoms with Gasteiger partial charge in [-0.15, -0.1) is 0 Å². The lowest BCUT2D eigenvalue weighted by Gasteiger charge is -2.21. The van der Waals surface area contributed by atoms with Crippen molar-refractivity contribution in [3.8, 4) is 0 Å². The minimum Gasteiger partial charge on any atom is -0.387 e. The van der Waals surface area contributed by atoms with Crippen molar-refractivity contribution in [2.45, 2.75) is 6.10 Å². The Bertz CT molecular complexity index is 900. The molecule has 1 atom stereocenters. The zero-order valence-corrected chi connectivity index (χ0v) is 12.2. The highest BCUT2D eigenvalue weighted by atomic mass is 19.1. The molecule has 0 bridgehead atoms. The predicted molar refractivity (Wildman–Crippen MR) is 87.0 cm³/mol. The first-order valence-electron chi connectivity index (χ1n) is 7.42. The number of nitrogens with zero attached hydrogens (tertiary/aromatic N) is 1. The summed E-state index contributed by atoms with van der Waals surface area (Å²) in [6.07, 6.45) is -0.871. The summed E-state index contributed by atoms with van der Waals surface area (Å²) < 4.78 is 13.0. The summed E-state index contributed by atoms with van der Waals surface area (Å²) in [6, 6.07) is 17.1. The fourth-order valence-corrected chi connectivity index (χ4v) is 3.12. The molecule has 4 rings (SSSR count). The third-order valence-corrected chi connectivity index (χ3v) is 4.26. The Morgan fingerprint density at radius 1 is 1.00 bits per heavy atom. The number of carbonyl (C=O) groups is 1. The van der Waals surface area contributed by atoms with E-state index < -0.39 is 6.10 Å². The van der Waals surface area contributed by atoms with Crippen LogP contribution in [0.15, 0.2) is 60.7 Å². The topological polar surface area (TPSA) is 40.5 Å². The molecule has 3 aromatic carbocycles. The highest BCUT2D eigenvalue weighted by Crippen LogP contribution is 2.38. The number of aliphatic hydroxyl groups excluding tert-OH is 1. The van der Waals surface area contributed by atoms with E-state index in [9.17, 15) is 14.3 Å². The van der Waals surface area contributed by atoms with Gasteiger partial charge in [-0.3, -0.25) is 4.79 Å². The number of β-amino-alcohol motifs (C(OH)–C–C–N with tert-alkyl or cyclic N) is 1. The van der Waals surface area contributed by atoms with Crippen molar-refractivity contribution < 1.29 is 14.3 Å². The van der Waals surface area contributed by atoms with Crippen LogP contribution in [0.2, 0.25) is 0 Å². The first-order valence-corrected chi connectivity index (χ1v) is 7.42. The van der Waals surface area contributed by atoms with E-state index in [1.807, 2.05) is 30.3 Å². The molecule has 0 saturated carbocycles. The molecule has 0 spiro atoms. The minimum absolute atomic E-state index is 0.113. The molecule has 0 unspecified atom stereocenters. The lowest BCUT2D eigenvalue weighted by atomic mass is 10.1. The van der Waals surface area contributed by atoms with Crippen LogP contribution >= 0.6 is 0 Å². The minimum atomic E-state index is -0.871. The molecule has 0 saturated heterocycles. The molecule has 0 fully saturated rings. The standard InChI is InChI=1S/C19H14FNO2/c20-14-9-7-12(8-10-14)17(22)11-21-16-6-2-4-13-3-1-5-15(18(13)16)19(21)23/h1-10,17,22H,11H2/t17-/m1/s1. The first-order chi connectivity index (χ1) is 11.1. The Balaban J connectivity index is 1.70. The highest BCUT2D eigenvalue weighted by Gasteiger charge is 2.31. The van der Waals surface area contributed by atoms with Gasteiger partial charge in [-0.05, 0) is 35.2 Å². The Morgan fingerprint density at radius 2 is 1.70 bits per heavy atom. The first kappa shape index (κ1) is 13.9. The zero-order chi connectivity index (χ0) is 16.0. The van der Waals surface area contributed by atoms with Crippen molar-refractivity contribution in [1.82, 2.24) is 0 Å². The number of benzene rings is 3. The molecule has 0 aromatic heterocycles. The van der Waals surface area contributed by atoms with Crippen LogP contribution in [-0.4, -0.2) is 17.6 Å². The van der Waals surface area contributed by atoms with Crippen LogP contribution in [0.3, 0.4) is 0 Å². The molecule has 0 radical (unpaired) electrons. The van der Waals surface area contributed by atoms with E-state index in [1.165, 1.54) is 24.3 Å². The van der Waals surface area contributed by atoms with Gasteiger partial charge in [0.05, 0.1) is 18.3 Å². The third-order valence-electron chi connectivity index (χ3n) is 4.26. The Morgan fingerprint density at radius 3 is 2.43 bits per heavy atom. The van der Waals surface area contributed by atoms with Gasteiger partial charge in [0.25, 0.3) is 5.91 Å². The van der Waals surface area contributed by atoms with Gasteiger partial charge in [-0.1, -0.05) is 36.4 Å². The maximum Gasteiger partial charge on any atom is 0.259 e. The van der Waals surface area contributed by atoms with Crippen molar-refractivity contribution in [1.29, 1.82) is 0 Å². The third kappa shape index (κ3) is 2.19. The van der Waals surface area contributed by atoms with Crippen LogP contribution in [-0.2, 0) is 0 Å². The Hall–Kier alpha value is -2.72. The predicted octanol–water partition coefficient (Wildman–Crippen LogP) is 3.67. The molecular formula is C19H14FNO2. The van der Waals surface area contributed by atoms with Gasteiger partial charge in [0.15, 0.2) is 0 Å². The van der Waals surface area contributed by atoms with E-state index in [4.69, 9.17) is 0 Å². The number of carbonyl (C=O) groups excluding carboxylic acids is 1. The molecule has 1 aliphatic heterocycles. The lowest BCUT2D eigenvalue weighted by molar-refractivity contribution is 0.0969. The monoisotopic (exact) mass is 307 g/mol. The van der Waals surface area contributed by atoms with Gasteiger partial charge in [0.1, 0.15) is 5.82 Å². The number of rotatable bonds is 3. The Labute approximate surface area is 132 Å². The number of halogens is 1. The molecule has 3 nitrogen and oxygen atoms in total. The van der Waals surface area contributed by atoms with Gasteiger partial charge in [-0.25, -0.2) is 4.39 Å². The van der Waals surface area contributed by atoms with E-state index >= 15 is 0 Å². The maximum absolute atomic E-state index is 13.0. The van der Waals surface area contributed by atoms with Crippen LogP contribution < -0.4 is 4.90 Å². The largest absolute Gasteiger partial charge is 0.387 e. The SMILES string of the molecule is O=C1c2cccc3cccc(c23)N1C[C@@H](O)c1ccc(F)cc1. The van der Waals surface area contributed by atoms with Gasteiger partial charge in [0, 0.05) is 10.9 Å². The molecular weight excluding hydrogens is 293 g/mol. The fourth-order valence-electron chi connectivity index (χ4n) is 3.12. The van der Waals surface area contributed by atoms with Crippen molar-refractivity contribution in [2.24, 2.45) is 0 Å². The summed E-state index contributed by atoms with van der Waals surface area (Å²) >= 11 is 0. The number of anilines is 1. The van der Waals surface area contributed by atoms with Crippen molar-refractivity contribution >= 4 is 22.4 Å². The molecule has 114 valence electrons. The Kier molecular flexibility index (Phi) is 3.13. The quantitative estimate of drug-likeness (QED) is 0.802. The average Bonchev–Trinajstić information content (AvgIpc) is 2.84. The summed E-state index contributed by atoms with van der Waals surface area (Å²) in [6.45, 7) is 0.137. The normalized spacial score (nSPS) is 14.5. The molecule has 1 aliphatic rings. The van der Waals surface area contributed by atoms with Crippen molar-refractivity contribution in [3.05, 3.63) is 77.6 Å². The number of hydrogen-bond donors (Lipinski definition) is 1. The fraction of sp³-hybridized carbons (Fsp3) is 0.105. The number of hydrogen-bond acceptors (Lipinski definition) is 2. The second-order valence-electron chi connectivity index (χ2n) is 5.66. The van der Waals surface area contributed by atoms with E-state index in [1.54, 1.807) is 11.0 Å². The molecule has 4 heteroatoms. The second-order valence-corrected chi connectivity index (χ2v) is 5.66. The van der Waals surface area contributed by atoms with E-state index in [2.05, 4.69) is 0 Å². The molecule has 1 heterocycles. The van der Waals surface area contributed by atoms with E-state index in [-0.39, 0.29) is 18.3 Å². The van der Waals surface area contributed by atoms with Gasteiger partial charge in [-0.2, -0.15) is 0 Å². The van der Waals surface area contributed by atoms with Gasteiger partial charge < -0.3 is 10.0 Å². The summed E-state index contributed by atoms with van der Waals surface area (Å²) in [5, 5.41) is 12.3. The second kappa shape index (κ2) is 5.18. The maximum atomic E-state index is 13.0. The number of aliphatic hydroxyl groups is 1. The van der Waals surface area contributed by atoms with Crippen LogP contribution in [0, 0.1) is 5.82 Å². The summed E-state index contributed by atoms with van der Waals surface area (Å²) in [5.74, 6) is -0.465. The van der Waals surface area contributed by atoms with Gasteiger partial charge in [0.2, 0.25) is 0 Å². The van der Waals surface area contributed by atoms with Crippen LogP contribution in [0.4, 0.5) is 10.1 Å². The van der Waals surface area contributed by atoms with Gasteiger partial charge >= 0.3 is 0 Å². The lowest BCUT2D eigenvalue weighted by Crippen LogP contribution is -2.31.